The molecule has 0 N–H and O–H groups in total. The van der Waals surface area contributed by atoms with Crippen molar-refractivity contribution in [3.05, 3.63) is 38.3 Å². The van der Waals surface area contributed by atoms with Crippen molar-refractivity contribution in [2.45, 2.75) is 38.3 Å². The van der Waals surface area contributed by atoms with Crippen LogP contribution in [0.15, 0.2) is 22.7 Å². The van der Waals surface area contributed by atoms with Gasteiger partial charge in [0.05, 0.1) is 9.40 Å². The van der Waals surface area contributed by atoms with Crippen LogP contribution in [-0.4, -0.2) is 22.4 Å². The number of benzene rings is 1. The number of nitrogens with zero attached hydrogens (tertiary/aromatic N) is 2. The van der Waals surface area contributed by atoms with Gasteiger partial charge in [-0.05, 0) is 53.1 Å². The fourth-order valence-electron chi connectivity index (χ4n) is 2.46. The van der Waals surface area contributed by atoms with Gasteiger partial charge in [0.2, 0.25) is 0 Å². The zero-order chi connectivity index (χ0) is 13.4. The summed E-state index contributed by atoms with van der Waals surface area (Å²) in [7, 11) is 0. The molecule has 3 rings (SSSR count). The molecular weight excluding hydrogens is 308 g/mol. The summed E-state index contributed by atoms with van der Waals surface area (Å²) in [5.74, 6) is 0.859. The fraction of sp³-hybridized carbons (Fsp3) is 0.571. The van der Waals surface area contributed by atoms with Crippen LogP contribution in [0.2, 0.25) is 0 Å². The Balaban J connectivity index is 1.76. The summed E-state index contributed by atoms with van der Waals surface area (Å²) in [6.45, 7) is 1.98. The first kappa shape index (κ1) is 13.1. The van der Waals surface area contributed by atoms with E-state index in [0.717, 1.165) is 24.6 Å². The Morgan fingerprint density at radius 1 is 1.32 bits per heavy atom. The maximum atomic E-state index is 11.0. The molecule has 0 saturated heterocycles. The van der Waals surface area contributed by atoms with Crippen LogP contribution in [0.4, 0.5) is 5.69 Å². The SMILES string of the molecule is O=[N+]([O-])c1cccc(CN(CC2CC2)C2CC2)c1Br. The van der Waals surface area contributed by atoms with Gasteiger partial charge in [-0.25, -0.2) is 0 Å². The Morgan fingerprint density at radius 3 is 2.63 bits per heavy atom. The smallest absolute Gasteiger partial charge is 0.283 e. The Morgan fingerprint density at radius 2 is 2.05 bits per heavy atom. The summed E-state index contributed by atoms with van der Waals surface area (Å²) in [5, 5.41) is 11.0. The van der Waals surface area contributed by atoms with Gasteiger partial charge in [0, 0.05) is 25.2 Å². The van der Waals surface area contributed by atoms with Crippen LogP contribution in [0, 0.1) is 16.0 Å². The first-order valence-corrected chi connectivity index (χ1v) is 7.60. The van der Waals surface area contributed by atoms with Crippen LogP contribution in [0.5, 0.6) is 0 Å². The molecule has 4 nitrogen and oxygen atoms in total. The zero-order valence-corrected chi connectivity index (χ0v) is 12.3. The molecule has 0 unspecified atom stereocenters. The van der Waals surface area contributed by atoms with Gasteiger partial charge in [-0.3, -0.25) is 15.0 Å². The zero-order valence-electron chi connectivity index (χ0n) is 10.7. The molecule has 0 atom stereocenters. The van der Waals surface area contributed by atoms with Crippen LogP contribution < -0.4 is 0 Å². The summed E-state index contributed by atoms with van der Waals surface area (Å²) in [4.78, 5) is 13.1. The van der Waals surface area contributed by atoms with Gasteiger partial charge in [0.1, 0.15) is 0 Å². The minimum Gasteiger partial charge on any atom is -0.296 e. The van der Waals surface area contributed by atoms with Crippen molar-refractivity contribution < 1.29 is 4.92 Å². The van der Waals surface area contributed by atoms with Crippen LogP contribution >= 0.6 is 15.9 Å². The van der Waals surface area contributed by atoms with Gasteiger partial charge in [-0.2, -0.15) is 0 Å². The number of hydrogen-bond acceptors (Lipinski definition) is 3. The molecule has 0 radical (unpaired) electrons. The van der Waals surface area contributed by atoms with Crippen molar-refractivity contribution in [2.24, 2.45) is 5.92 Å². The first-order valence-electron chi connectivity index (χ1n) is 6.81. The predicted octanol–water partition coefficient (Wildman–Crippen LogP) is 3.73. The molecule has 0 aliphatic heterocycles. The first-order chi connectivity index (χ1) is 9.15. The summed E-state index contributed by atoms with van der Waals surface area (Å²) in [5.41, 5.74) is 1.20. The van der Waals surface area contributed by atoms with Gasteiger partial charge < -0.3 is 0 Å². The summed E-state index contributed by atoms with van der Waals surface area (Å²) < 4.78 is 0.640. The molecule has 0 aromatic heterocycles. The van der Waals surface area contributed by atoms with E-state index in [-0.39, 0.29) is 10.6 Å². The standard InChI is InChI=1S/C14H17BrN2O2/c15-14-11(2-1-3-13(14)17(18)19)9-16(12-6-7-12)8-10-4-5-10/h1-3,10,12H,4-9H2. The highest BCUT2D eigenvalue weighted by Crippen LogP contribution is 2.37. The van der Waals surface area contributed by atoms with E-state index in [1.165, 1.54) is 25.7 Å². The van der Waals surface area contributed by atoms with Crippen molar-refractivity contribution in [3.8, 4) is 0 Å². The molecule has 2 aliphatic rings. The number of halogens is 1. The molecule has 0 spiro atoms. The van der Waals surface area contributed by atoms with Crippen molar-refractivity contribution in [2.75, 3.05) is 6.54 Å². The highest BCUT2D eigenvalue weighted by Gasteiger charge is 2.34. The summed E-state index contributed by atoms with van der Waals surface area (Å²) in [6, 6.07) is 6.02. The largest absolute Gasteiger partial charge is 0.296 e. The van der Waals surface area contributed by atoms with Crippen LogP contribution in [0.3, 0.4) is 0 Å². The van der Waals surface area contributed by atoms with Crippen molar-refractivity contribution in [1.29, 1.82) is 0 Å². The lowest BCUT2D eigenvalue weighted by Gasteiger charge is -2.22. The lowest BCUT2D eigenvalue weighted by Crippen LogP contribution is -2.28. The van der Waals surface area contributed by atoms with Gasteiger partial charge in [-0.15, -0.1) is 0 Å². The van der Waals surface area contributed by atoms with Gasteiger partial charge >= 0.3 is 0 Å². The topological polar surface area (TPSA) is 46.4 Å². The molecule has 5 heteroatoms. The predicted molar refractivity (Wildman–Crippen MR) is 77.0 cm³/mol. The lowest BCUT2D eigenvalue weighted by molar-refractivity contribution is -0.385. The van der Waals surface area contributed by atoms with E-state index in [2.05, 4.69) is 20.8 Å². The molecule has 102 valence electrons. The third-order valence-electron chi connectivity index (χ3n) is 3.88. The molecule has 1 aromatic rings. The summed E-state index contributed by atoms with van der Waals surface area (Å²) in [6.07, 6.45) is 5.25. The van der Waals surface area contributed by atoms with Gasteiger partial charge in [0.15, 0.2) is 0 Å². The quantitative estimate of drug-likeness (QED) is 0.591. The minimum absolute atomic E-state index is 0.166. The highest BCUT2D eigenvalue weighted by atomic mass is 79.9. The van der Waals surface area contributed by atoms with Crippen molar-refractivity contribution >= 4 is 21.6 Å². The van der Waals surface area contributed by atoms with E-state index in [0.29, 0.717) is 10.5 Å². The Labute approximate surface area is 121 Å². The average molecular weight is 325 g/mol. The number of nitro groups is 1. The maximum Gasteiger partial charge on any atom is 0.283 e. The van der Waals surface area contributed by atoms with E-state index >= 15 is 0 Å². The lowest BCUT2D eigenvalue weighted by atomic mass is 10.2. The van der Waals surface area contributed by atoms with Gasteiger partial charge in [0.25, 0.3) is 5.69 Å². The Bertz CT molecular complexity index is 498. The molecule has 2 saturated carbocycles. The van der Waals surface area contributed by atoms with E-state index in [9.17, 15) is 10.1 Å². The number of rotatable bonds is 6. The van der Waals surface area contributed by atoms with E-state index in [1.54, 1.807) is 12.1 Å². The van der Waals surface area contributed by atoms with Crippen LogP contribution in [-0.2, 0) is 6.54 Å². The second kappa shape index (κ2) is 5.21. The third kappa shape index (κ3) is 3.15. The molecule has 2 aliphatic carbocycles. The van der Waals surface area contributed by atoms with E-state index < -0.39 is 0 Å². The monoisotopic (exact) mass is 324 g/mol. The van der Waals surface area contributed by atoms with Crippen LogP contribution in [0.1, 0.15) is 31.2 Å². The molecule has 0 amide bonds. The van der Waals surface area contributed by atoms with Crippen molar-refractivity contribution in [1.82, 2.24) is 4.90 Å². The fourth-order valence-corrected chi connectivity index (χ4v) is 3.00. The summed E-state index contributed by atoms with van der Waals surface area (Å²) >= 11 is 3.39. The Kier molecular flexibility index (Phi) is 3.58. The molecular formula is C14H17BrN2O2. The molecule has 0 bridgehead atoms. The van der Waals surface area contributed by atoms with Crippen LogP contribution in [0.25, 0.3) is 0 Å². The molecule has 0 heterocycles. The number of hydrogen-bond donors (Lipinski definition) is 0. The molecule has 1 aromatic carbocycles. The third-order valence-corrected chi connectivity index (χ3v) is 4.80. The van der Waals surface area contributed by atoms with Gasteiger partial charge in [-0.1, -0.05) is 12.1 Å². The second-order valence-corrected chi connectivity index (χ2v) is 6.40. The normalized spacial score (nSPS) is 18.8. The van der Waals surface area contributed by atoms with E-state index in [1.807, 2.05) is 6.07 Å². The van der Waals surface area contributed by atoms with E-state index in [4.69, 9.17) is 0 Å². The maximum absolute atomic E-state index is 11.0. The second-order valence-electron chi connectivity index (χ2n) is 5.61. The minimum atomic E-state index is -0.323. The average Bonchev–Trinajstić information content (AvgIpc) is 3.24. The number of nitro benzene ring substituents is 1. The molecule has 2 fully saturated rings. The Hall–Kier alpha value is -0.940. The molecule has 19 heavy (non-hydrogen) atoms. The van der Waals surface area contributed by atoms with Crippen molar-refractivity contribution in [3.63, 3.8) is 0 Å². The highest BCUT2D eigenvalue weighted by molar-refractivity contribution is 9.10.